The van der Waals surface area contributed by atoms with Crippen LogP contribution in [0.4, 0.5) is 0 Å². The molecule has 1 saturated carbocycles. The minimum Gasteiger partial charge on any atom is -0.496 e. The van der Waals surface area contributed by atoms with Gasteiger partial charge in [0.1, 0.15) is 11.6 Å². The lowest BCUT2D eigenvalue weighted by Crippen LogP contribution is -2.39. The summed E-state index contributed by atoms with van der Waals surface area (Å²) in [7, 11) is 1.66. The van der Waals surface area contributed by atoms with Crippen LogP contribution in [0.25, 0.3) is 22.3 Å². The number of halogens is 1. The molecule has 0 radical (unpaired) electrons. The standard InChI is InChI=1S/C25H28BrN3O2/c1-31-23-7-3-2-6-20(23)24-27-22-11-10-19(26)13-21(22)25(30)29(24)16-18-5-4-12-28(15-18)14-17-8-9-17/h2-3,6-7,10-11,13,17-18H,4-5,8-9,12,14-16H2,1H3. The van der Waals surface area contributed by atoms with Crippen LogP contribution in [-0.2, 0) is 6.54 Å². The molecule has 5 rings (SSSR count). The van der Waals surface area contributed by atoms with Gasteiger partial charge in [0.2, 0.25) is 0 Å². The van der Waals surface area contributed by atoms with Crippen molar-refractivity contribution < 1.29 is 4.74 Å². The topological polar surface area (TPSA) is 47.4 Å². The number of fused-ring (bicyclic) bond motifs is 1. The first-order chi connectivity index (χ1) is 15.1. The SMILES string of the molecule is COc1ccccc1-c1nc2ccc(Br)cc2c(=O)n1CC1CCCN(CC2CC2)C1. The molecule has 0 bridgehead atoms. The summed E-state index contributed by atoms with van der Waals surface area (Å²) in [5.41, 5.74) is 1.59. The van der Waals surface area contributed by atoms with Crippen molar-refractivity contribution in [1.82, 2.24) is 14.5 Å². The molecule has 0 amide bonds. The zero-order chi connectivity index (χ0) is 21.4. The van der Waals surface area contributed by atoms with E-state index in [1.165, 1.54) is 32.4 Å². The van der Waals surface area contributed by atoms with Crippen LogP contribution in [0.1, 0.15) is 25.7 Å². The molecular formula is C25H28BrN3O2. The van der Waals surface area contributed by atoms with Crippen molar-refractivity contribution in [3.63, 3.8) is 0 Å². The first kappa shape index (κ1) is 20.7. The third-order valence-electron chi connectivity index (χ3n) is 6.52. The highest BCUT2D eigenvalue weighted by molar-refractivity contribution is 9.10. The van der Waals surface area contributed by atoms with Gasteiger partial charge in [0.25, 0.3) is 5.56 Å². The minimum absolute atomic E-state index is 0.0199. The molecule has 0 spiro atoms. The van der Waals surface area contributed by atoms with Gasteiger partial charge in [-0.1, -0.05) is 28.1 Å². The van der Waals surface area contributed by atoms with Crippen LogP contribution >= 0.6 is 15.9 Å². The summed E-state index contributed by atoms with van der Waals surface area (Å²) in [5.74, 6) is 2.77. The number of nitrogens with zero attached hydrogens (tertiary/aromatic N) is 3. The summed E-state index contributed by atoms with van der Waals surface area (Å²) in [6, 6.07) is 13.5. The maximum atomic E-state index is 13.7. The highest BCUT2D eigenvalue weighted by Crippen LogP contribution is 2.33. The molecule has 2 fully saturated rings. The molecule has 6 heteroatoms. The lowest BCUT2D eigenvalue weighted by Gasteiger charge is -2.33. The van der Waals surface area contributed by atoms with E-state index < -0.39 is 0 Å². The second kappa shape index (κ2) is 8.75. The third kappa shape index (κ3) is 4.41. The second-order valence-corrected chi connectivity index (χ2v) is 9.84. The predicted octanol–water partition coefficient (Wildman–Crippen LogP) is 4.96. The smallest absolute Gasteiger partial charge is 0.261 e. The van der Waals surface area contributed by atoms with E-state index in [1.54, 1.807) is 7.11 Å². The van der Waals surface area contributed by atoms with Gasteiger partial charge in [0, 0.05) is 24.1 Å². The summed E-state index contributed by atoms with van der Waals surface area (Å²) < 4.78 is 8.39. The Morgan fingerprint density at radius 3 is 2.74 bits per heavy atom. The molecule has 1 aliphatic heterocycles. The number of ether oxygens (including phenoxy) is 1. The first-order valence-electron chi connectivity index (χ1n) is 11.2. The molecule has 1 unspecified atom stereocenters. The average Bonchev–Trinajstić information content (AvgIpc) is 3.60. The molecular weight excluding hydrogens is 454 g/mol. The monoisotopic (exact) mass is 481 g/mol. The molecule has 3 aromatic rings. The van der Waals surface area contributed by atoms with Gasteiger partial charge >= 0.3 is 0 Å². The Morgan fingerprint density at radius 2 is 1.94 bits per heavy atom. The molecule has 5 nitrogen and oxygen atoms in total. The highest BCUT2D eigenvalue weighted by Gasteiger charge is 2.28. The number of hydrogen-bond acceptors (Lipinski definition) is 4. The first-order valence-corrected chi connectivity index (χ1v) is 12.0. The summed E-state index contributed by atoms with van der Waals surface area (Å²) >= 11 is 3.51. The molecule has 162 valence electrons. The molecule has 0 N–H and O–H groups in total. The van der Waals surface area contributed by atoms with E-state index in [2.05, 4.69) is 20.8 Å². The fourth-order valence-corrected chi connectivity index (χ4v) is 5.15. The van der Waals surface area contributed by atoms with Gasteiger partial charge in [-0.2, -0.15) is 0 Å². The van der Waals surface area contributed by atoms with E-state index in [9.17, 15) is 4.79 Å². The van der Waals surface area contributed by atoms with Crippen LogP contribution in [0.2, 0.25) is 0 Å². The molecule has 1 atom stereocenters. The van der Waals surface area contributed by atoms with Crippen molar-refractivity contribution >= 4 is 26.8 Å². The number of rotatable bonds is 6. The molecule has 1 saturated heterocycles. The number of likely N-dealkylation sites (tertiary alicyclic amines) is 1. The minimum atomic E-state index is 0.0199. The van der Waals surface area contributed by atoms with Crippen molar-refractivity contribution in [3.05, 3.63) is 57.3 Å². The summed E-state index contributed by atoms with van der Waals surface area (Å²) in [6.45, 7) is 4.14. The fraction of sp³-hybridized carbons (Fsp3) is 0.440. The van der Waals surface area contributed by atoms with Gasteiger partial charge in [-0.3, -0.25) is 9.36 Å². The highest BCUT2D eigenvalue weighted by atomic mass is 79.9. The molecule has 2 aliphatic rings. The Balaban J connectivity index is 1.57. The molecule has 1 aliphatic carbocycles. The fourth-order valence-electron chi connectivity index (χ4n) is 4.79. The van der Waals surface area contributed by atoms with Crippen LogP contribution in [0.3, 0.4) is 0 Å². The van der Waals surface area contributed by atoms with Crippen LogP contribution in [-0.4, -0.2) is 41.2 Å². The summed E-state index contributed by atoms with van der Waals surface area (Å²) in [6.07, 6.45) is 5.10. The summed E-state index contributed by atoms with van der Waals surface area (Å²) in [4.78, 5) is 21.2. The Hall–Kier alpha value is -2.18. The number of aromatic nitrogens is 2. The Bertz CT molecular complexity index is 1160. The van der Waals surface area contributed by atoms with E-state index >= 15 is 0 Å². The van der Waals surface area contributed by atoms with Crippen LogP contribution < -0.4 is 10.3 Å². The quantitative estimate of drug-likeness (QED) is 0.499. The lowest BCUT2D eigenvalue weighted by atomic mass is 9.97. The van der Waals surface area contributed by atoms with Crippen LogP contribution in [0.5, 0.6) is 5.75 Å². The van der Waals surface area contributed by atoms with E-state index in [0.717, 1.165) is 34.7 Å². The number of piperidine rings is 1. The molecule has 1 aromatic heterocycles. The largest absolute Gasteiger partial charge is 0.496 e. The summed E-state index contributed by atoms with van der Waals surface area (Å²) in [5, 5.41) is 0.652. The second-order valence-electron chi connectivity index (χ2n) is 8.92. The van der Waals surface area contributed by atoms with Crippen molar-refractivity contribution in [1.29, 1.82) is 0 Å². The van der Waals surface area contributed by atoms with Crippen molar-refractivity contribution in [2.75, 3.05) is 26.7 Å². The Labute approximate surface area is 191 Å². The lowest BCUT2D eigenvalue weighted by molar-refractivity contribution is 0.156. The molecule has 2 heterocycles. The number of para-hydroxylation sites is 1. The van der Waals surface area contributed by atoms with E-state index in [4.69, 9.17) is 9.72 Å². The Kier molecular flexibility index (Phi) is 5.85. The van der Waals surface area contributed by atoms with Gasteiger partial charge in [-0.05, 0) is 74.4 Å². The van der Waals surface area contributed by atoms with Gasteiger partial charge in [0.05, 0.1) is 23.6 Å². The van der Waals surface area contributed by atoms with E-state index in [0.29, 0.717) is 29.2 Å². The van der Waals surface area contributed by atoms with Gasteiger partial charge in [-0.15, -0.1) is 0 Å². The van der Waals surface area contributed by atoms with Gasteiger partial charge in [0.15, 0.2) is 0 Å². The van der Waals surface area contributed by atoms with Crippen LogP contribution in [0.15, 0.2) is 51.7 Å². The normalized spacial score (nSPS) is 19.6. The van der Waals surface area contributed by atoms with Crippen molar-refractivity contribution in [2.24, 2.45) is 11.8 Å². The number of hydrogen-bond donors (Lipinski definition) is 0. The third-order valence-corrected chi connectivity index (χ3v) is 7.01. The zero-order valence-corrected chi connectivity index (χ0v) is 19.5. The average molecular weight is 482 g/mol. The predicted molar refractivity (Wildman–Crippen MR) is 128 cm³/mol. The van der Waals surface area contributed by atoms with E-state index in [1.807, 2.05) is 47.0 Å². The molecule has 2 aromatic carbocycles. The van der Waals surface area contributed by atoms with Gasteiger partial charge < -0.3 is 9.64 Å². The van der Waals surface area contributed by atoms with Crippen LogP contribution in [0, 0.1) is 11.8 Å². The Morgan fingerprint density at radius 1 is 1.10 bits per heavy atom. The zero-order valence-electron chi connectivity index (χ0n) is 17.9. The van der Waals surface area contributed by atoms with Crippen molar-refractivity contribution in [3.8, 4) is 17.1 Å². The van der Waals surface area contributed by atoms with E-state index in [-0.39, 0.29) is 5.56 Å². The maximum absolute atomic E-state index is 13.7. The maximum Gasteiger partial charge on any atom is 0.261 e. The van der Waals surface area contributed by atoms with Gasteiger partial charge in [-0.25, -0.2) is 4.98 Å². The molecule has 31 heavy (non-hydrogen) atoms. The van der Waals surface area contributed by atoms with Crippen molar-refractivity contribution in [2.45, 2.75) is 32.2 Å². The number of benzene rings is 2. The number of methoxy groups -OCH3 is 1.